The smallest absolute Gasteiger partial charge is 0.263 e. The normalized spacial score (nSPS) is 11.9. The molecule has 1 heterocycles. The molecular formula is C19H18N2O5S2. The number of pyridine rings is 1. The van der Waals surface area contributed by atoms with Crippen LogP contribution in [0.4, 0.5) is 5.69 Å². The number of hydrogen-bond acceptors (Lipinski definition) is 5. The summed E-state index contributed by atoms with van der Waals surface area (Å²) < 4.78 is 53.0. The summed E-state index contributed by atoms with van der Waals surface area (Å²) in [5.41, 5.74) is 0.963. The first-order valence-corrected chi connectivity index (χ1v) is 11.6. The van der Waals surface area contributed by atoms with E-state index in [1.54, 1.807) is 42.6 Å². The van der Waals surface area contributed by atoms with E-state index in [0.29, 0.717) is 6.54 Å². The molecule has 0 aliphatic heterocycles. The summed E-state index contributed by atoms with van der Waals surface area (Å²) in [7, 11) is -7.80. The predicted octanol–water partition coefficient (Wildman–Crippen LogP) is 2.10. The van der Waals surface area contributed by atoms with Crippen LogP contribution in [0.15, 0.2) is 87.5 Å². The van der Waals surface area contributed by atoms with Crippen molar-refractivity contribution in [2.24, 2.45) is 0 Å². The monoisotopic (exact) mass is 418 g/mol. The van der Waals surface area contributed by atoms with Crippen molar-refractivity contribution in [3.05, 3.63) is 88.8 Å². The number of rotatable bonds is 6. The maximum absolute atomic E-state index is 12.7. The topological polar surface area (TPSA) is 102 Å². The quantitative estimate of drug-likeness (QED) is 0.660. The Morgan fingerprint density at radius 1 is 0.821 bits per heavy atom. The number of aromatic nitrogens is 1. The second-order valence-corrected chi connectivity index (χ2v) is 9.82. The van der Waals surface area contributed by atoms with Crippen LogP contribution in [0.2, 0.25) is 0 Å². The van der Waals surface area contributed by atoms with Crippen molar-refractivity contribution in [1.82, 2.24) is 4.57 Å². The first-order chi connectivity index (χ1) is 13.2. The van der Waals surface area contributed by atoms with Crippen molar-refractivity contribution < 1.29 is 16.8 Å². The lowest BCUT2D eigenvalue weighted by Gasteiger charge is -2.12. The highest BCUT2D eigenvalue weighted by atomic mass is 32.2. The van der Waals surface area contributed by atoms with E-state index in [2.05, 4.69) is 4.72 Å². The Morgan fingerprint density at radius 2 is 1.43 bits per heavy atom. The molecule has 3 aromatic rings. The van der Waals surface area contributed by atoms with Crippen LogP contribution in [0.3, 0.4) is 0 Å². The van der Waals surface area contributed by atoms with Gasteiger partial charge in [-0.2, -0.15) is 0 Å². The molecule has 1 aromatic heterocycles. The van der Waals surface area contributed by atoms with E-state index in [4.69, 9.17) is 0 Å². The first kappa shape index (κ1) is 19.8. The predicted molar refractivity (Wildman–Crippen MR) is 107 cm³/mol. The maximum Gasteiger partial charge on any atom is 0.263 e. The van der Waals surface area contributed by atoms with E-state index >= 15 is 0 Å². The summed E-state index contributed by atoms with van der Waals surface area (Å²) >= 11 is 0. The third kappa shape index (κ3) is 4.49. The van der Waals surface area contributed by atoms with Gasteiger partial charge in [-0.1, -0.05) is 30.3 Å². The highest BCUT2D eigenvalue weighted by Gasteiger charge is 2.23. The summed E-state index contributed by atoms with van der Waals surface area (Å²) in [6, 6.07) is 16.8. The lowest BCUT2D eigenvalue weighted by atomic mass is 10.2. The molecule has 3 rings (SSSR count). The van der Waals surface area contributed by atoms with Crippen LogP contribution >= 0.6 is 0 Å². The third-order valence-corrected chi connectivity index (χ3v) is 6.72. The number of benzene rings is 2. The van der Waals surface area contributed by atoms with Gasteiger partial charge in [-0.05, 0) is 35.9 Å². The van der Waals surface area contributed by atoms with Crippen molar-refractivity contribution in [3.63, 3.8) is 0 Å². The second kappa shape index (κ2) is 7.61. The highest BCUT2D eigenvalue weighted by Crippen LogP contribution is 2.23. The van der Waals surface area contributed by atoms with E-state index in [1.165, 1.54) is 34.9 Å². The Kier molecular flexibility index (Phi) is 5.39. The second-order valence-electron chi connectivity index (χ2n) is 6.19. The minimum atomic E-state index is -4.09. The lowest BCUT2D eigenvalue weighted by molar-refractivity contribution is 0.588. The molecule has 146 valence electrons. The zero-order valence-electron chi connectivity index (χ0n) is 14.9. The van der Waals surface area contributed by atoms with Crippen LogP contribution < -0.4 is 10.3 Å². The molecule has 0 saturated carbocycles. The molecule has 0 amide bonds. The lowest BCUT2D eigenvalue weighted by Crippen LogP contribution is -2.18. The molecule has 0 radical (unpaired) electrons. The van der Waals surface area contributed by atoms with Gasteiger partial charge in [0.05, 0.1) is 11.4 Å². The minimum absolute atomic E-state index is 0.135. The zero-order valence-corrected chi connectivity index (χ0v) is 16.6. The number of nitrogens with zero attached hydrogens (tertiary/aromatic N) is 1. The Hall–Kier alpha value is -2.91. The largest absolute Gasteiger partial charge is 0.311 e. The minimum Gasteiger partial charge on any atom is -0.311 e. The van der Waals surface area contributed by atoms with E-state index in [9.17, 15) is 21.6 Å². The molecule has 0 fully saturated rings. The molecule has 28 heavy (non-hydrogen) atoms. The molecule has 9 heteroatoms. The van der Waals surface area contributed by atoms with Gasteiger partial charge in [0.15, 0.2) is 9.84 Å². The van der Waals surface area contributed by atoms with Crippen molar-refractivity contribution >= 4 is 25.5 Å². The third-order valence-electron chi connectivity index (χ3n) is 4.00. The average Bonchev–Trinajstić information content (AvgIpc) is 2.64. The number of sulfone groups is 1. The molecular weight excluding hydrogens is 400 g/mol. The van der Waals surface area contributed by atoms with E-state index in [-0.39, 0.29) is 21.0 Å². The summed E-state index contributed by atoms with van der Waals surface area (Å²) in [4.78, 5) is 11.2. The maximum atomic E-state index is 12.7. The van der Waals surface area contributed by atoms with Gasteiger partial charge in [-0.3, -0.25) is 9.52 Å². The van der Waals surface area contributed by atoms with Gasteiger partial charge in [-0.15, -0.1) is 0 Å². The summed E-state index contributed by atoms with van der Waals surface area (Å²) in [5, 5.41) is 0. The Bertz CT molecular complexity index is 1260. The van der Waals surface area contributed by atoms with Crippen LogP contribution in [-0.4, -0.2) is 27.7 Å². The van der Waals surface area contributed by atoms with Crippen molar-refractivity contribution in [3.8, 4) is 0 Å². The molecule has 2 aromatic carbocycles. The number of anilines is 1. The average molecular weight is 418 g/mol. The molecule has 0 saturated heterocycles. The standard InChI is InChI=1S/C19H18N2O5S2/c1-27(23,24)17-6-2-3-7-18(17)28(25,26)20-16-11-9-15(10-12-16)14-21-13-5-4-8-19(21)22/h2-13,20H,14H2,1H3. The summed E-state index contributed by atoms with van der Waals surface area (Å²) in [6.07, 6.45) is 2.63. The Labute approximate surface area is 163 Å². The number of sulfonamides is 1. The van der Waals surface area contributed by atoms with Gasteiger partial charge in [0.1, 0.15) is 4.90 Å². The van der Waals surface area contributed by atoms with Crippen LogP contribution in [-0.2, 0) is 26.4 Å². The fraction of sp³-hybridized carbons (Fsp3) is 0.105. The van der Waals surface area contributed by atoms with E-state index < -0.39 is 19.9 Å². The van der Waals surface area contributed by atoms with Gasteiger partial charge in [0.25, 0.3) is 15.6 Å². The number of hydrogen-bond donors (Lipinski definition) is 1. The fourth-order valence-electron chi connectivity index (χ4n) is 2.65. The molecule has 0 aliphatic carbocycles. The number of nitrogens with one attached hydrogen (secondary N) is 1. The van der Waals surface area contributed by atoms with Crippen LogP contribution in [0.25, 0.3) is 0 Å². The molecule has 1 N–H and O–H groups in total. The van der Waals surface area contributed by atoms with E-state index in [1.807, 2.05) is 0 Å². The zero-order chi connectivity index (χ0) is 20.4. The first-order valence-electron chi connectivity index (χ1n) is 8.23. The van der Waals surface area contributed by atoms with Crippen LogP contribution in [0, 0.1) is 0 Å². The van der Waals surface area contributed by atoms with Crippen LogP contribution in [0.5, 0.6) is 0 Å². The van der Waals surface area contributed by atoms with Crippen molar-refractivity contribution in [2.45, 2.75) is 16.3 Å². The SMILES string of the molecule is CS(=O)(=O)c1ccccc1S(=O)(=O)Nc1ccc(Cn2ccccc2=O)cc1. The van der Waals surface area contributed by atoms with Gasteiger partial charge >= 0.3 is 0 Å². The van der Waals surface area contributed by atoms with Crippen molar-refractivity contribution in [1.29, 1.82) is 0 Å². The summed E-state index contributed by atoms with van der Waals surface area (Å²) in [6.45, 7) is 0.351. The van der Waals surface area contributed by atoms with Crippen molar-refractivity contribution in [2.75, 3.05) is 11.0 Å². The molecule has 0 bridgehead atoms. The molecule has 0 aliphatic rings. The molecule has 0 spiro atoms. The molecule has 7 nitrogen and oxygen atoms in total. The highest BCUT2D eigenvalue weighted by molar-refractivity contribution is 7.95. The Balaban J connectivity index is 1.85. The van der Waals surface area contributed by atoms with Gasteiger partial charge in [-0.25, -0.2) is 16.8 Å². The van der Waals surface area contributed by atoms with Gasteiger partial charge in [0, 0.05) is 24.2 Å². The van der Waals surface area contributed by atoms with Gasteiger partial charge in [0.2, 0.25) is 0 Å². The van der Waals surface area contributed by atoms with E-state index in [0.717, 1.165) is 11.8 Å². The summed E-state index contributed by atoms with van der Waals surface area (Å²) in [5.74, 6) is 0. The fourth-order valence-corrected chi connectivity index (χ4v) is 5.34. The molecule has 0 atom stereocenters. The molecule has 0 unspecified atom stereocenters. The van der Waals surface area contributed by atoms with Crippen LogP contribution in [0.1, 0.15) is 5.56 Å². The Morgan fingerprint density at radius 3 is 2.04 bits per heavy atom. The van der Waals surface area contributed by atoms with Gasteiger partial charge < -0.3 is 4.57 Å².